The first-order valence-corrected chi connectivity index (χ1v) is 8.68. The average molecular weight is 358 g/mol. The number of benzene rings is 1. The summed E-state index contributed by atoms with van der Waals surface area (Å²) in [6.45, 7) is 11.2. The number of hydrogen-bond acceptors (Lipinski definition) is 4. The van der Waals surface area contributed by atoms with Gasteiger partial charge in [0.1, 0.15) is 0 Å². The Morgan fingerprint density at radius 3 is 2.00 bits per heavy atom. The third-order valence-corrected chi connectivity index (χ3v) is 4.68. The maximum Gasteiger partial charge on any atom is 0.492 e. The molecule has 6 nitrogen and oxygen atoms in total. The van der Waals surface area contributed by atoms with E-state index in [0.717, 1.165) is 16.7 Å². The lowest BCUT2D eigenvalue weighted by Gasteiger charge is -2.32. The van der Waals surface area contributed by atoms with E-state index in [0.29, 0.717) is 6.54 Å². The van der Waals surface area contributed by atoms with Gasteiger partial charge in [-0.1, -0.05) is 18.2 Å². The fourth-order valence-corrected chi connectivity index (χ4v) is 2.50. The van der Waals surface area contributed by atoms with Crippen LogP contribution in [0.3, 0.4) is 0 Å². The van der Waals surface area contributed by atoms with Crippen LogP contribution in [-0.4, -0.2) is 36.7 Å². The smallest absolute Gasteiger partial charge is 0.400 e. The van der Waals surface area contributed by atoms with Gasteiger partial charge in [-0.3, -0.25) is 9.59 Å². The fourth-order valence-electron chi connectivity index (χ4n) is 2.50. The van der Waals surface area contributed by atoms with Gasteiger partial charge in [0.05, 0.1) is 11.2 Å². The molecule has 2 amide bonds. The molecule has 0 aliphatic carbocycles. The largest absolute Gasteiger partial charge is 0.492 e. The molecule has 0 saturated carbocycles. The first-order chi connectivity index (χ1) is 12.0. The van der Waals surface area contributed by atoms with Crippen LogP contribution >= 0.6 is 0 Å². The van der Waals surface area contributed by atoms with E-state index in [1.54, 1.807) is 0 Å². The number of rotatable bonds is 5. The minimum absolute atomic E-state index is 0.114. The second-order valence-corrected chi connectivity index (χ2v) is 7.52. The molecule has 0 aromatic heterocycles. The van der Waals surface area contributed by atoms with E-state index in [4.69, 9.17) is 9.31 Å². The van der Waals surface area contributed by atoms with Crippen LogP contribution in [0.5, 0.6) is 0 Å². The van der Waals surface area contributed by atoms with Gasteiger partial charge >= 0.3 is 7.12 Å². The topological polar surface area (TPSA) is 76.7 Å². The monoisotopic (exact) mass is 358 g/mol. The molecule has 1 aromatic carbocycles. The zero-order valence-electron chi connectivity index (χ0n) is 16.3. The summed E-state index contributed by atoms with van der Waals surface area (Å²) < 4.78 is 12.2. The summed E-state index contributed by atoms with van der Waals surface area (Å²) in [6.07, 6.45) is 1.94. The Balaban J connectivity index is 2.25. The van der Waals surface area contributed by atoms with Crippen molar-refractivity contribution in [2.45, 2.75) is 52.7 Å². The van der Waals surface area contributed by atoms with Gasteiger partial charge in [0.15, 0.2) is 0 Å². The van der Waals surface area contributed by atoms with Crippen molar-refractivity contribution in [2.24, 2.45) is 0 Å². The fraction of sp³-hybridized carbons (Fsp3) is 0.474. The number of anilines is 1. The summed E-state index contributed by atoms with van der Waals surface area (Å²) in [4.78, 5) is 22.5. The van der Waals surface area contributed by atoms with Crippen LogP contribution in [-0.2, 0) is 18.9 Å². The molecule has 2 N–H and O–H groups in total. The van der Waals surface area contributed by atoms with Crippen molar-refractivity contribution in [1.82, 2.24) is 5.32 Å². The zero-order valence-corrected chi connectivity index (χ0v) is 16.3. The number of carbonyl (C=O) groups excluding carboxylic acids is 2. The van der Waals surface area contributed by atoms with Crippen LogP contribution in [0.15, 0.2) is 29.7 Å². The quantitative estimate of drug-likeness (QED) is 0.794. The van der Waals surface area contributed by atoms with Crippen molar-refractivity contribution >= 4 is 30.7 Å². The Hall–Kier alpha value is -2.12. The zero-order chi connectivity index (χ0) is 19.5. The molecule has 7 heteroatoms. The molecule has 1 saturated heterocycles. The van der Waals surface area contributed by atoms with Gasteiger partial charge in [0.25, 0.3) is 0 Å². The summed E-state index contributed by atoms with van der Waals surface area (Å²) in [6, 6.07) is 7.44. The summed E-state index contributed by atoms with van der Waals surface area (Å²) >= 11 is 0. The average Bonchev–Trinajstić information content (AvgIpc) is 2.72. The molecule has 26 heavy (non-hydrogen) atoms. The van der Waals surface area contributed by atoms with Crippen LogP contribution in [0.1, 0.15) is 47.1 Å². The summed E-state index contributed by atoms with van der Waals surface area (Å²) in [5.74, 6) is -0.231. The van der Waals surface area contributed by atoms with E-state index >= 15 is 0 Å². The van der Waals surface area contributed by atoms with Crippen molar-refractivity contribution in [3.05, 3.63) is 35.3 Å². The Morgan fingerprint density at radius 2 is 1.54 bits per heavy atom. The maximum absolute atomic E-state index is 11.4. The van der Waals surface area contributed by atoms with Crippen LogP contribution in [0.25, 0.3) is 6.08 Å². The number of carbonyl (C=O) groups is 2. The Bertz CT molecular complexity index is 695. The van der Waals surface area contributed by atoms with Gasteiger partial charge < -0.3 is 19.9 Å². The van der Waals surface area contributed by atoms with E-state index in [1.807, 2.05) is 58.0 Å². The number of amides is 2. The van der Waals surface area contributed by atoms with Crippen molar-refractivity contribution < 1.29 is 18.9 Å². The van der Waals surface area contributed by atoms with Crippen molar-refractivity contribution in [1.29, 1.82) is 0 Å². The van der Waals surface area contributed by atoms with Crippen molar-refractivity contribution in [2.75, 3.05) is 11.9 Å². The van der Waals surface area contributed by atoms with Crippen LogP contribution in [0.2, 0.25) is 0 Å². The summed E-state index contributed by atoms with van der Waals surface area (Å²) in [5, 5.41) is 5.55. The predicted molar refractivity (Wildman–Crippen MR) is 103 cm³/mol. The van der Waals surface area contributed by atoms with Crippen molar-refractivity contribution in [3.8, 4) is 0 Å². The maximum atomic E-state index is 11.4. The lowest BCUT2D eigenvalue weighted by atomic mass is 9.77. The van der Waals surface area contributed by atoms with E-state index < -0.39 is 18.3 Å². The SMILES string of the molecule is CC(=O)NCC(=Cc1ccc(NC(C)=O)cc1)B1OC(C)(C)C(C)(C)O1. The van der Waals surface area contributed by atoms with Gasteiger partial charge in [-0.25, -0.2) is 0 Å². The second-order valence-electron chi connectivity index (χ2n) is 7.52. The van der Waals surface area contributed by atoms with E-state index in [9.17, 15) is 9.59 Å². The molecule has 1 aromatic rings. The Kier molecular flexibility index (Phi) is 5.93. The van der Waals surface area contributed by atoms with E-state index in [1.165, 1.54) is 13.8 Å². The lowest BCUT2D eigenvalue weighted by Crippen LogP contribution is -2.41. The molecule has 1 aliphatic heterocycles. The predicted octanol–water partition coefficient (Wildman–Crippen LogP) is 2.80. The lowest BCUT2D eigenvalue weighted by molar-refractivity contribution is -0.118. The van der Waals surface area contributed by atoms with Gasteiger partial charge in [-0.2, -0.15) is 0 Å². The van der Waals surface area contributed by atoms with Crippen molar-refractivity contribution in [3.63, 3.8) is 0 Å². The minimum Gasteiger partial charge on any atom is -0.400 e. The van der Waals surface area contributed by atoms with Crippen LogP contribution < -0.4 is 10.6 Å². The molecule has 1 heterocycles. The van der Waals surface area contributed by atoms with Gasteiger partial charge in [-0.15, -0.1) is 0 Å². The highest BCUT2D eigenvalue weighted by Crippen LogP contribution is 2.38. The van der Waals surface area contributed by atoms with E-state index in [-0.39, 0.29) is 11.8 Å². The Morgan fingerprint density at radius 1 is 1.00 bits per heavy atom. The normalized spacial score (nSPS) is 18.5. The highest BCUT2D eigenvalue weighted by atomic mass is 16.7. The third kappa shape index (κ3) is 4.96. The molecule has 140 valence electrons. The molecule has 2 rings (SSSR count). The molecule has 0 radical (unpaired) electrons. The van der Waals surface area contributed by atoms with Gasteiger partial charge in [0.2, 0.25) is 11.8 Å². The molecule has 0 bridgehead atoms. The summed E-state index contributed by atoms with van der Waals surface area (Å²) in [7, 11) is -0.540. The highest BCUT2D eigenvalue weighted by molar-refractivity contribution is 6.56. The van der Waals surface area contributed by atoms with E-state index in [2.05, 4.69) is 10.6 Å². The molecule has 1 fully saturated rings. The first kappa shape index (κ1) is 20.2. The molecular weight excluding hydrogens is 331 g/mol. The number of hydrogen-bond donors (Lipinski definition) is 2. The van der Waals surface area contributed by atoms with Gasteiger partial charge in [0, 0.05) is 26.1 Å². The molecule has 0 spiro atoms. The van der Waals surface area contributed by atoms with Gasteiger partial charge in [-0.05, 0) is 50.9 Å². The molecular formula is C19H27BN2O4. The minimum atomic E-state index is -0.540. The Labute approximate surface area is 155 Å². The molecule has 1 aliphatic rings. The molecule has 0 atom stereocenters. The van der Waals surface area contributed by atoms with Crippen LogP contribution in [0.4, 0.5) is 5.69 Å². The third-order valence-electron chi connectivity index (χ3n) is 4.68. The highest BCUT2D eigenvalue weighted by Gasteiger charge is 2.52. The van der Waals surface area contributed by atoms with Crippen LogP contribution in [0, 0.1) is 0 Å². The second kappa shape index (κ2) is 7.64. The summed E-state index contributed by atoms with van der Waals surface area (Å²) in [5.41, 5.74) is 1.57. The first-order valence-electron chi connectivity index (χ1n) is 8.68. The molecule has 0 unspecified atom stereocenters. The number of nitrogens with one attached hydrogen (secondary N) is 2. The standard InChI is InChI=1S/C19H27BN2O4/c1-13(23)21-12-16(20-25-18(3,4)19(5,6)26-20)11-15-7-9-17(10-8-15)22-14(2)24/h7-11H,12H2,1-6H3,(H,21,23)(H,22,24).